The number of nitrogens with zero attached hydrogens (tertiary/aromatic N) is 3. The molecule has 0 saturated carbocycles. The second kappa shape index (κ2) is 5.86. The highest BCUT2D eigenvalue weighted by molar-refractivity contribution is 5.82. The molecule has 106 valence electrons. The maximum atomic E-state index is 12.0. The van der Waals surface area contributed by atoms with Crippen LogP contribution in [-0.4, -0.2) is 45.3 Å². The number of rotatable bonds is 5. The van der Waals surface area contributed by atoms with E-state index < -0.39 is 5.97 Å². The largest absolute Gasteiger partial charge is 0.480 e. The number of amides is 1. The number of carbonyl (C=O) groups excluding carboxylic acids is 1. The number of aliphatic carboxylic acids is 1. The van der Waals surface area contributed by atoms with Crippen LogP contribution in [0.25, 0.3) is 0 Å². The number of hydrogen-bond acceptors (Lipinski definition) is 3. The Balaban J connectivity index is 2.76. The number of aryl methyl sites for hydroxylation is 2. The summed E-state index contributed by atoms with van der Waals surface area (Å²) in [7, 11) is 3.38. The Kier molecular flexibility index (Phi) is 4.69. The van der Waals surface area contributed by atoms with Crippen LogP contribution in [0.2, 0.25) is 0 Å². The fraction of sp³-hybridized carbons (Fsp3) is 0.615. The van der Waals surface area contributed by atoms with E-state index in [0.717, 1.165) is 17.0 Å². The van der Waals surface area contributed by atoms with Crippen LogP contribution in [0.4, 0.5) is 0 Å². The van der Waals surface area contributed by atoms with Crippen molar-refractivity contribution < 1.29 is 14.7 Å². The smallest absolute Gasteiger partial charge is 0.323 e. The molecule has 1 rings (SSSR count). The lowest BCUT2D eigenvalue weighted by Gasteiger charge is -2.19. The minimum absolute atomic E-state index is 0.162. The summed E-state index contributed by atoms with van der Waals surface area (Å²) >= 11 is 0. The lowest BCUT2D eigenvalue weighted by atomic mass is 9.98. The van der Waals surface area contributed by atoms with Gasteiger partial charge in [-0.05, 0) is 25.8 Å². The lowest BCUT2D eigenvalue weighted by molar-refractivity contribution is -0.144. The van der Waals surface area contributed by atoms with E-state index in [9.17, 15) is 9.59 Å². The molecule has 19 heavy (non-hydrogen) atoms. The predicted molar refractivity (Wildman–Crippen MR) is 70.8 cm³/mol. The molecule has 0 aliphatic carbocycles. The van der Waals surface area contributed by atoms with E-state index in [1.54, 1.807) is 4.68 Å². The van der Waals surface area contributed by atoms with Crippen LogP contribution in [0.1, 0.15) is 23.9 Å². The first-order valence-electron chi connectivity index (χ1n) is 6.19. The topological polar surface area (TPSA) is 75.4 Å². The van der Waals surface area contributed by atoms with Crippen LogP contribution in [-0.2, 0) is 23.1 Å². The first-order chi connectivity index (χ1) is 8.73. The minimum Gasteiger partial charge on any atom is -0.480 e. The number of hydrogen-bond donors (Lipinski definition) is 1. The van der Waals surface area contributed by atoms with E-state index in [1.165, 1.54) is 11.9 Å². The molecule has 0 spiro atoms. The van der Waals surface area contributed by atoms with Crippen LogP contribution in [0.5, 0.6) is 0 Å². The molecule has 6 heteroatoms. The van der Waals surface area contributed by atoms with Crippen molar-refractivity contribution in [2.75, 3.05) is 13.6 Å². The molecule has 1 N–H and O–H groups in total. The van der Waals surface area contributed by atoms with E-state index in [0.29, 0.717) is 6.42 Å². The molecule has 1 atom stereocenters. The Morgan fingerprint density at radius 1 is 1.42 bits per heavy atom. The number of likely N-dealkylation sites (N-methyl/N-ethyl adjacent to an activating group) is 1. The molecule has 1 amide bonds. The van der Waals surface area contributed by atoms with E-state index in [2.05, 4.69) is 5.10 Å². The van der Waals surface area contributed by atoms with E-state index in [4.69, 9.17) is 5.11 Å². The Bertz CT molecular complexity index is 494. The summed E-state index contributed by atoms with van der Waals surface area (Å²) in [5.41, 5.74) is 3.02. The van der Waals surface area contributed by atoms with Gasteiger partial charge in [-0.2, -0.15) is 5.10 Å². The molecular weight excluding hydrogens is 246 g/mol. The zero-order valence-corrected chi connectivity index (χ0v) is 12.1. The van der Waals surface area contributed by atoms with Gasteiger partial charge in [0, 0.05) is 25.7 Å². The summed E-state index contributed by atoms with van der Waals surface area (Å²) in [6.07, 6.45) is 0.578. The van der Waals surface area contributed by atoms with Crippen molar-refractivity contribution in [1.29, 1.82) is 0 Å². The third-order valence-corrected chi connectivity index (χ3v) is 3.34. The maximum absolute atomic E-state index is 12.0. The van der Waals surface area contributed by atoms with Crippen LogP contribution in [0.15, 0.2) is 0 Å². The molecule has 0 aliphatic rings. The summed E-state index contributed by atoms with van der Waals surface area (Å²) in [5, 5.41) is 13.0. The van der Waals surface area contributed by atoms with E-state index >= 15 is 0 Å². The van der Waals surface area contributed by atoms with Gasteiger partial charge in [-0.1, -0.05) is 6.92 Å². The average molecular weight is 267 g/mol. The van der Waals surface area contributed by atoms with Gasteiger partial charge in [0.15, 0.2) is 0 Å². The van der Waals surface area contributed by atoms with Crippen molar-refractivity contribution in [3.63, 3.8) is 0 Å². The van der Waals surface area contributed by atoms with Crippen molar-refractivity contribution in [2.45, 2.75) is 27.2 Å². The minimum atomic E-state index is -1.00. The van der Waals surface area contributed by atoms with Gasteiger partial charge in [-0.25, -0.2) is 0 Å². The Morgan fingerprint density at radius 2 is 2.00 bits per heavy atom. The fourth-order valence-electron chi connectivity index (χ4n) is 2.16. The third-order valence-electron chi connectivity index (χ3n) is 3.34. The van der Waals surface area contributed by atoms with Crippen molar-refractivity contribution in [3.8, 4) is 0 Å². The standard InChI is InChI=1S/C13H21N3O3/c1-8(13(19)15(4)7-12(17)18)6-11-9(2)14-16(5)10(11)3/h8H,6-7H2,1-5H3,(H,17,18). The normalized spacial score (nSPS) is 12.3. The Morgan fingerprint density at radius 3 is 2.42 bits per heavy atom. The van der Waals surface area contributed by atoms with Gasteiger partial charge in [-0.3, -0.25) is 14.3 Å². The highest BCUT2D eigenvalue weighted by Crippen LogP contribution is 2.17. The van der Waals surface area contributed by atoms with Gasteiger partial charge in [0.2, 0.25) is 5.91 Å². The molecule has 0 radical (unpaired) electrons. The van der Waals surface area contributed by atoms with Crippen LogP contribution < -0.4 is 0 Å². The molecule has 1 aromatic heterocycles. The van der Waals surface area contributed by atoms with Crippen molar-refractivity contribution in [2.24, 2.45) is 13.0 Å². The third kappa shape index (κ3) is 3.56. The van der Waals surface area contributed by atoms with Crippen molar-refractivity contribution >= 4 is 11.9 Å². The highest BCUT2D eigenvalue weighted by Gasteiger charge is 2.22. The number of aromatic nitrogens is 2. The summed E-state index contributed by atoms with van der Waals surface area (Å²) in [6, 6.07) is 0. The van der Waals surface area contributed by atoms with Gasteiger partial charge in [0.05, 0.1) is 5.69 Å². The zero-order chi connectivity index (χ0) is 14.7. The summed E-state index contributed by atoms with van der Waals surface area (Å²) in [4.78, 5) is 23.9. The van der Waals surface area contributed by atoms with Gasteiger partial charge in [0.25, 0.3) is 0 Å². The van der Waals surface area contributed by atoms with Gasteiger partial charge >= 0.3 is 5.97 Å². The van der Waals surface area contributed by atoms with E-state index in [-0.39, 0.29) is 18.4 Å². The summed E-state index contributed by atoms with van der Waals surface area (Å²) < 4.78 is 1.79. The predicted octanol–water partition coefficient (Wildman–Crippen LogP) is 0.759. The molecule has 0 fully saturated rings. The second-order valence-corrected chi connectivity index (χ2v) is 4.97. The fourth-order valence-corrected chi connectivity index (χ4v) is 2.16. The van der Waals surface area contributed by atoms with Gasteiger partial charge in [-0.15, -0.1) is 0 Å². The quantitative estimate of drug-likeness (QED) is 0.854. The molecule has 0 aromatic carbocycles. The molecular formula is C13H21N3O3. The zero-order valence-electron chi connectivity index (χ0n) is 12.1. The number of carboxylic acids is 1. The van der Waals surface area contributed by atoms with Crippen molar-refractivity contribution in [3.05, 3.63) is 17.0 Å². The first-order valence-corrected chi connectivity index (χ1v) is 6.19. The van der Waals surface area contributed by atoms with Crippen LogP contribution in [0, 0.1) is 19.8 Å². The molecule has 1 unspecified atom stereocenters. The number of carboxylic acid groups (broad SMARTS) is 1. The summed E-state index contributed by atoms with van der Waals surface area (Å²) in [6.45, 7) is 5.43. The highest BCUT2D eigenvalue weighted by atomic mass is 16.4. The van der Waals surface area contributed by atoms with Crippen LogP contribution in [0.3, 0.4) is 0 Å². The Hall–Kier alpha value is -1.85. The van der Waals surface area contributed by atoms with Gasteiger partial charge in [0.1, 0.15) is 6.54 Å². The molecule has 0 bridgehead atoms. The van der Waals surface area contributed by atoms with Crippen LogP contribution >= 0.6 is 0 Å². The van der Waals surface area contributed by atoms with Gasteiger partial charge < -0.3 is 10.0 Å². The molecule has 6 nitrogen and oxygen atoms in total. The maximum Gasteiger partial charge on any atom is 0.323 e. The average Bonchev–Trinajstić information content (AvgIpc) is 2.54. The first kappa shape index (κ1) is 15.2. The van der Waals surface area contributed by atoms with E-state index in [1.807, 2.05) is 27.8 Å². The van der Waals surface area contributed by atoms with Crippen molar-refractivity contribution in [1.82, 2.24) is 14.7 Å². The molecule has 0 aliphatic heterocycles. The Labute approximate surface area is 113 Å². The second-order valence-electron chi connectivity index (χ2n) is 4.97. The molecule has 1 aromatic rings. The summed E-state index contributed by atoms with van der Waals surface area (Å²) in [5.74, 6) is -1.42. The molecule has 0 saturated heterocycles. The number of carbonyl (C=O) groups is 2. The molecule has 1 heterocycles. The monoisotopic (exact) mass is 267 g/mol. The SMILES string of the molecule is Cc1nn(C)c(C)c1CC(C)C(=O)N(C)CC(=O)O. The lowest BCUT2D eigenvalue weighted by Crippen LogP contribution is -2.36.